The summed E-state index contributed by atoms with van der Waals surface area (Å²) < 4.78 is 0. The van der Waals surface area contributed by atoms with Crippen molar-refractivity contribution >= 4 is 23.6 Å². The van der Waals surface area contributed by atoms with Crippen molar-refractivity contribution in [1.82, 2.24) is 9.80 Å². The van der Waals surface area contributed by atoms with Gasteiger partial charge < -0.3 is 0 Å². The molecule has 2 saturated heterocycles. The summed E-state index contributed by atoms with van der Waals surface area (Å²) in [7, 11) is 0. The molecule has 0 N–H and O–H groups in total. The average molecular weight is 389 g/mol. The number of carbonyl (C=O) groups excluding carboxylic acids is 2. The van der Waals surface area contributed by atoms with Crippen molar-refractivity contribution in [2.75, 3.05) is 37.6 Å². The van der Waals surface area contributed by atoms with Crippen LogP contribution in [0.2, 0.25) is 0 Å². The molecule has 0 saturated carbocycles. The third-order valence-corrected chi connectivity index (χ3v) is 5.74. The fraction of sp³-hybridized carbons (Fsp3) is 0.333. The molecule has 2 aromatic rings. The Kier molecular flexibility index (Phi) is 5.88. The Morgan fingerprint density at radius 3 is 2.31 bits per heavy atom. The minimum atomic E-state index is -0.328. The van der Waals surface area contributed by atoms with Crippen LogP contribution in [0.1, 0.15) is 17.5 Å². The Hall–Kier alpha value is -2.76. The largest absolute Gasteiger partial charge is 0.297 e. The molecule has 0 bridgehead atoms. The van der Waals surface area contributed by atoms with Gasteiger partial charge in [0.05, 0.1) is 18.2 Å². The molecule has 2 aliphatic rings. The minimum absolute atomic E-state index is 0.0868. The van der Waals surface area contributed by atoms with E-state index >= 15 is 0 Å². The van der Waals surface area contributed by atoms with Crippen LogP contribution in [0, 0.1) is 6.92 Å². The maximum atomic E-state index is 12.9. The molecule has 4 rings (SSSR count). The number of benzene rings is 2. The van der Waals surface area contributed by atoms with Crippen molar-refractivity contribution in [2.24, 2.45) is 0 Å². The molecule has 0 unspecified atom stereocenters. The molecule has 1 atom stereocenters. The number of piperazine rings is 1. The monoisotopic (exact) mass is 389 g/mol. The first-order valence-electron chi connectivity index (χ1n) is 10.2. The highest BCUT2D eigenvalue weighted by molar-refractivity contribution is 6.22. The number of nitrogens with zero attached hydrogens (tertiary/aromatic N) is 3. The van der Waals surface area contributed by atoms with E-state index < -0.39 is 0 Å². The normalized spacial score (nSPS) is 21.4. The van der Waals surface area contributed by atoms with Crippen LogP contribution in [0.5, 0.6) is 0 Å². The molecule has 2 aromatic carbocycles. The lowest BCUT2D eigenvalue weighted by molar-refractivity contribution is -0.123. The molecule has 2 fully saturated rings. The second-order valence-corrected chi connectivity index (χ2v) is 7.77. The van der Waals surface area contributed by atoms with Gasteiger partial charge in [-0.2, -0.15) is 0 Å². The van der Waals surface area contributed by atoms with E-state index in [1.54, 1.807) is 0 Å². The standard InChI is InChI=1S/C24H27N3O2/c1-19-9-11-21(12-10-19)27-23(28)18-22(24(27)29)26-16-14-25(15-17-26)13-5-8-20-6-3-2-4-7-20/h2-12,22H,13-18H2,1H3/b8-5+/t22-/m1/s1. The van der Waals surface area contributed by atoms with E-state index in [0.717, 1.165) is 38.3 Å². The third kappa shape index (κ3) is 4.47. The molecule has 0 aliphatic carbocycles. The fourth-order valence-corrected chi connectivity index (χ4v) is 4.03. The second-order valence-electron chi connectivity index (χ2n) is 7.77. The Morgan fingerprint density at radius 1 is 0.931 bits per heavy atom. The maximum Gasteiger partial charge on any atom is 0.251 e. The van der Waals surface area contributed by atoms with Gasteiger partial charge in [0.15, 0.2) is 0 Å². The van der Waals surface area contributed by atoms with Crippen LogP contribution < -0.4 is 4.90 Å². The highest BCUT2D eigenvalue weighted by atomic mass is 16.2. The van der Waals surface area contributed by atoms with Gasteiger partial charge in [-0.05, 0) is 24.6 Å². The van der Waals surface area contributed by atoms with Gasteiger partial charge in [0.2, 0.25) is 5.91 Å². The van der Waals surface area contributed by atoms with Crippen LogP contribution in [-0.2, 0) is 9.59 Å². The highest BCUT2D eigenvalue weighted by Crippen LogP contribution is 2.26. The van der Waals surface area contributed by atoms with Crippen molar-refractivity contribution in [2.45, 2.75) is 19.4 Å². The molecule has 5 heteroatoms. The van der Waals surface area contributed by atoms with Crippen LogP contribution in [0.4, 0.5) is 5.69 Å². The highest BCUT2D eigenvalue weighted by Gasteiger charge is 2.43. The average Bonchev–Trinajstić information content (AvgIpc) is 3.04. The SMILES string of the molecule is Cc1ccc(N2C(=O)C[C@@H](N3CCN(C/C=C/c4ccccc4)CC3)C2=O)cc1. The van der Waals surface area contributed by atoms with E-state index in [-0.39, 0.29) is 24.3 Å². The lowest BCUT2D eigenvalue weighted by Crippen LogP contribution is -2.52. The molecular weight excluding hydrogens is 362 g/mol. The van der Waals surface area contributed by atoms with Gasteiger partial charge in [-0.25, -0.2) is 4.90 Å². The van der Waals surface area contributed by atoms with Gasteiger partial charge in [0, 0.05) is 32.7 Å². The number of rotatable bonds is 5. The summed E-state index contributed by atoms with van der Waals surface area (Å²) in [5, 5.41) is 0. The van der Waals surface area contributed by atoms with Crippen LogP contribution in [0.3, 0.4) is 0 Å². The molecule has 5 nitrogen and oxygen atoms in total. The summed E-state index contributed by atoms with van der Waals surface area (Å²) in [6.45, 7) is 6.32. The predicted octanol–water partition coefficient (Wildman–Crippen LogP) is 2.96. The summed E-state index contributed by atoms with van der Waals surface area (Å²) in [6, 6.07) is 17.5. The zero-order chi connectivity index (χ0) is 20.2. The molecule has 0 radical (unpaired) electrons. The van der Waals surface area contributed by atoms with Gasteiger partial charge in [-0.3, -0.25) is 19.4 Å². The van der Waals surface area contributed by atoms with Crippen LogP contribution in [0.25, 0.3) is 6.08 Å². The van der Waals surface area contributed by atoms with Gasteiger partial charge in [0.25, 0.3) is 5.91 Å². The van der Waals surface area contributed by atoms with Crippen molar-refractivity contribution in [3.05, 3.63) is 71.8 Å². The fourth-order valence-electron chi connectivity index (χ4n) is 4.03. The number of hydrogen-bond donors (Lipinski definition) is 0. The Balaban J connectivity index is 1.31. The quantitative estimate of drug-likeness (QED) is 0.738. The summed E-state index contributed by atoms with van der Waals surface area (Å²) in [4.78, 5) is 31.4. The molecule has 2 amide bonds. The Labute approximate surface area is 172 Å². The molecule has 2 aliphatic heterocycles. The summed E-state index contributed by atoms with van der Waals surface area (Å²) in [5.74, 6) is -0.187. The van der Waals surface area contributed by atoms with Crippen molar-refractivity contribution < 1.29 is 9.59 Å². The van der Waals surface area contributed by atoms with Crippen LogP contribution in [0.15, 0.2) is 60.7 Å². The number of imide groups is 1. The van der Waals surface area contributed by atoms with Crippen LogP contribution in [-0.4, -0.2) is 60.4 Å². The predicted molar refractivity (Wildman–Crippen MR) is 116 cm³/mol. The minimum Gasteiger partial charge on any atom is -0.297 e. The van der Waals surface area contributed by atoms with Gasteiger partial charge in [0.1, 0.15) is 0 Å². The molecule has 29 heavy (non-hydrogen) atoms. The van der Waals surface area contributed by atoms with Gasteiger partial charge in [-0.15, -0.1) is 0 Å². The maximum absolute atomic E-state index is 12.9. The first-order valence-corrected chi connectivity index (χ1v) is 10.2. The van der Waals surface area contributed by atoms with E-state index in [1.807, 2.05) is 49.4 Å². The van der Waals surface area contributed by atoms with Crippen molar-refractivity contribution in [1.29, 1.82) is 0 Å². The Bertz CT molecular complexity index is 884. The zero-order valence-electron chi connectivity index (χ0n) is 16.8. The smallest absolute Gasteiger partial charge is 0.251 e. The number of amides is 2. The molecule has 150 valence electrons. The van der Waals surface area contributed by atoms with E-state index in [4.69, 9.17) is 0 Å². The molecule has 0 spiro atoms. The molecular formula is C24H27N3O2. The van der Waals surface area contributed by atoms with E-state index in [0.29, 0.717) is 5.69 Å². The number of hydrogen-bond acceptors (Lipinski definition) is 4. The lowest BCUT2D eigenvalue weighted by atomic mass is 10.1. The van der Waals surface area contributed by atoms with Crippen molar-refractivity contribution in [3.8, 4) is 0 Å². The third-order valence-electron chi connectivity index (χ3n) is 5.74. The molecule has 2 heterocycles. The summed E-state index contributed by atoms with van der Waals surface area (Å²) in [6.07, 6.45) is 4.61. The lowest BCUT2D eigenvalue weighted by Gasteiger charge is -2.36. The van der Waals surface area contributed by atoms with Gasteiger partial charge >= 0.3 is 0 Å². The first kappa shape index (κ1) is 19.6. The van der Waals surface area contributed by atoms with Gasteiger partial charge in [-0.1, -0.05) is 60.2 Å². The second kappa shape index (κ2) is 8.72. The summed E-state index contributed by atoms with van der Waals surface area (Å²) in [5.41, 5.74) is 3.00. The zero-order valence-corrected chi connectivity index (χ0v) is 16.8. The summed E-state index contributed by atoms with van der Waals surface area (Å²) >= 11 is 0. The van der Waals surface area contributed by atoms with E-state index in [1.165, 1.54) is 10.5 Å². The number of anilines is 1. The van der Waals surface area contributed by atoms with Crippen LogP contribution >= 0.6 is 0 Å². The Morgan fingerprint density at radius 2 is 1.62 bits per heavy atom. The molecule has 0 aromatic heterocycles. The van der Waals surface area contributed by atoms with Crippen molar-refractivity contribution in [3.63, 3.8) is 0 Å². The van der Waals surface area contributed by atoms with E-state index in [2.05, 4.69) is 34.1 Å². The topological polar surface area (TPSA) is 43.9 Å². The number of aryl methyl sites for hydroxylation is 1. The first-order chi connectivity index (χ1) is 14.1. The number of carbonyl (C=O) groups is 2. The van der Waals surface area contributed by atoms with E-state index in [9.17, 15) is 9.59 Å².